The van der Waals surface area contributed by atoms with Crippen molar-refractivity contribution in [1.29, 1.82) is 0 Å². The first-order chi connectivity index (χ1) is 9.61. The highest BCUT2D eigenvalue weighted by Gasteiger charge is 2.05. The van der Waals surface area contributed by atoms with E-state index < -0.39 is 0 Å². The van der Waals surface area contributed by atoms with Crippen LogP contribution in [-0.4, -0.2) is 32.3 Å². The van der Waals surface area contributed by atoms with Gasteiger partial charge < -0.3 is 20.5 Å². The smallest absolute Gasteiger partial charge is 0.224 e. The summed E-state index contributed by atoms with van der Waals surface area (Å²) < 4.78 is 10.5. The first kappa shape index (κ1) is 16.5. The number of nitrogens with two attached hydrogens (primary N) is 1. The number of anilines is 1. The molecule has 1 aromatic rings. The normalized spacial score (nSPS) is 11.9. The van der Waals surface area contributed by atoms with Gasteiger partial charge in [-0.2, -0.15) is 0 Å². The first-order valence-corrected chi connectivity index (χ1v) is 6.89. The van der Waals surface area contributed by atoms with Crippen LogP contribution in [0, 0.1) is 0 Å². The van der Waals surface area contributed by atoms with Gasteiger partial charge in [0.2, 0.25) is 5.91 Å². The molecule has 0 heterocycles. The predicted octanol–water partition coefficient (Wildman–Crippen LogP) is 2.17. The second kappa shape index (κ2) is 9.34. The van der Waals surface area contributed by atoms with Crippen molar-refractivity contribution < 1.29 is 14.3 Å². The number of rotatable bonds is 9. The molecule has 5 nitrogen and oxygen atoms in total. The van der Waals surface area contributed by atoms with Crippen molar-refractivity contribution >= 4 is 11.6 Å². The second-order valence-corrected chi connectivity index (χ2v) is 4.79. The number of amides is 1. The lowest BCUT2D eigenvalue weighted by molar-refractivity contribution is -0.116. The Hall–Kier alpha value is -1.59. The molecule has 0 fully saturated rings. The Morgan fingerprint density at radius 2 is 2.20 bits per heavy atom. The zero-order chi connectivity index (χ0) is 14.8. The van der Waals surface area contributed by atoms with E-state index in [4.69, 9.17) is 15.2 Å². The molecule has 0 aromatic heterocycles. The van der Waals surface area contributed by atoms with E-state index in [9.17, 15) is 4.79 Å². The third-order valence-electron chi connectivity index (χ3n) is 2.71. The Morgan fingerprint density at radius 3 is 2.90 bits per heavy atom. The summed E-state index contributed by atoms with van der Waals surface area (Å²) in [6.07, 6.45) is 1.94. The van der Waals surface area contributed by atoms with Crippen molar-refractivity contribution in [2.75, 3.05) is 25.6 Å². The summed E-state index contributed by atoms with van der Waals surface area (Å²) in [7, 11) is 1.67. The van der Waals surface area contributed by atoms with Crippen LogP contribution in [-0.2, 0) is 9.53 Å². The third-order valence-corrected chi connectivity index (χ3v) is 2.71. The highest BCUT2D eigenvalue weighted by molar-refractivity contribution is 5.90. The van der Waals surface area contributed by atoms with E-state index in [0.717, 1.165) is 17.9 Å². The highest BCUT2D eigenvalue weighted by atomic mass is 16.5. The average Bonchev–Trinajstić information content (AvgIpc) is 2.42. The maximum atomic E-state index is 11.7. The van der Waals surface area contributed by atoms with Gasteiger partial charge in [-0.3, -0.25) is 4.79 Å². The number of nitrogens with one attached hydrogen (secondary N) is 1. The van der Waals surface area contributed by atoms with Gasteiger partial charge in [-0.05, 0) is 25.5 Å². The third kappa shape index (κ3) is 7.11. The van der Waals surface area contributed by atoms with Gasteiger partial charge in [0.25, 0.3) is 0 Å². The maximum absolute atomic E-state index is 11.7. The molecule has 0 radical (unpaired) electrons. The minimum absolute atomic E-state index is 0.0289. The van der Waals surface area contributed by atoms with E-state index in [1.165, 1.54) is 0 Å². The monoisotopic (exact) mass is 280 g/mol. The van der Waals surface area contributed by atoms with E-state index in [2.05, 4.69) is 5.32 Å². The predicted molar refractivity (Wildman–Crippen MR) is 79.9 cm³/mol. The Morgan fingerprint density at radius 1 is 1.40 bits per heavy atom. The lowest BCUT2D eigenvalue weighted by Gasteiger charge is -2.09. The van der Waals surface area contributed by atoms with Gasteiger partial charge in [-0.25, -0.2) is 0 Å². The maximum Gasteiger partial charge on any atom is 0.224 e. The Balaban J connectivity index is 2.40. The number of hydrogen-bond donors (Lipinski definition) is 2. The zero-order valence-corrected chi connectivity index (χ0v) is 12.2. The summed E-state index contributed by atoms with van der Waals surface area (Å²) in [6.45, 7) is 3.16. The molecule has 1 aromatic carbocycles. The molecule has 5 heteroatoms. The van der Waals surface area contributed by atoms with Gasteiger partial charge >= 0.3 is 0 Å². The molecule has 1 unspecified atom stereocenters. The first-order valence-electron chi connectivity index (χ1n) is 6.89. The van der Waals surface area contributed by atoms with Crippen molar-refractivity contribution in [3.05, 3.63) is 24.3 Å². The molecular formula is C15H24N2O3. The molecule has 20 heavy (non-hydrogen) atoms. The van der Waals surface area contributed by atoms with E-state index >= 15 is 0 Å². The van der Waals surface area contributed by atoms with Crippen molar-refractivity contribution in [2.24, 2.45) is 5.73 Å². The lowest BCUT2D eigenvalue weighted by Crippen LogP contribution is -2.19. The van der Waals surface area contributed by atoms with Crippen LogP contribution < -0.4 is 15.8 Å². The molecule has 0 aliphatic carbocycles. The topological polar surface area (TPSA) is 73.6 Å². The molecule has 0 saturated heterocycles. The van der Waals surface area contributed by atoms with Gasteiger partial charge in [0.15, 0.2) is 0 Å². The largest absolute Gasteiger partial charge is 0.493 e. The summed E-state index contributed by atoms with van der Waals surface area (Å²) in [5, 5.41) is 2.84. The number of ether oxygens (including phenoxy) is 2. The van der Waals surface area contributed by atoms with Crippen LogP contribution in [0.5, 0.6) is 5.75 Å². The zero-order valence-electron chi connectivity index (χ0n) is 12.2. The summed E-state index contributed by atoms with van der Waals surface area (Å²) >= 11 is 0. The quantitative estimate of drug-likeness (QED) is 0.680. The summed E-state index contributed by atoms with van der Waals surface area (Å²) in [5.41, 5.74) is 6.37. The SMILES string of the molecule is COCCCOc1cccc(NC(=O)CCC(C)N)c1. The molecule has 0 spiro atoms. The van der Waals surface area contributed by atoms with Crippen LogP contribution in [0.4, 0.5) is 5.69 Å². The molecule has 1 rings (SSSR count). The highest BCUT2D eigenvalue weighted by Crippen LogP contribution is 2.17. The van der Waals surface area contributed by atoms with E-state index in [0.29, 0.717) is 26.1 Å². The fourth-order valence-electron chi connectivity index (χ4n) is 1.64. The second-order valence-electron chi connectivity index (χ2n) is 4.79. The lowest BCUT2D eigenvalue weighted by atomic mass is 10.2. The van der Waals surface area contributed by atoms with Crippen LogP contribution in [0.2, 0.25) is 0 Å². The van der Waals surface area contributed by atoms with Gasteiger partial charge in [-0.1, -0.05) is 6.07 Å². The molecule has 0 aliphatic heterocycles. The minimum atomic E-state index is -0.0289. The van der Waals surface area contributed by atoms with Crippen LogP contribution in [0.15, 0.2) is 24.3 Å². The summed E-state index contributed by atoms with van der Waals surface area (Å²) in [5.74, 6) is 0.713. The molecule has 112 valence electrons. The van der Waals surface area contributed by atoms with Gasteiger partial charge in [0, 0.05) is 44.4 Å². The van der Waals surface area contributed by atoms with Crippen LogP contribution >= 0.6 is 0 Å². The average molecular weight is 280 g/mol. The van der Waals surface area contributed by atoms with Crippen LogP contribution in [0.1, 0.15) is 26.2 Å². The van der Waals surface area contributed by atoms with Crippen molar-refractivity contribution in [3.8, 4) is 5.75 Å². The van der Waals surface area contributed by atoms with Gasteiger partial charge in [0.1, 0.15) is 5.75 Å². The fourth-order valence-corrected chi connectivity index (χ4v) is 1.64. The fraction of sp³-hybridized carbons (Fsp3) is 0.533. The molecule has 3 N–H and O–H groups in total. The van der Waals surface area contributed by atoms with E-state index in [1.807, 2.05) is 31.2 Å². The van der Waals surface area contributed by atoms with E-state index in [-0.39, 0.29) is 11.9 Å². The summed E-state index contributed by atoms with van der Waals surface area (Å²) in [6, 6.07) is 7.41. The van der Waals surface area contributed by atoms with Crippen LogP contribution in [0.25, 0.3) is 0 Å². The summed E-state index contributed by atoms with van der Waals surface area (Å²) in [4.78, 5) is 11.7. The Kier molecular flexibility index (Phi) is 7.69. The standard InChI is InChI=1S/C15H24N2O3/c1-12(16)7-8-15(18)17-13-5-3-6-14(11-13)20-10-4-9-19-2/h3,5-6,11-12H,4,7-10,16H2,1-2H3,(H,17,18). The van der Waals surface area contributed by atoms with Crippen LogP contribution in [0.3, 0.4) is 0 Å². The van der Waals surface area contributed by atoms with Crippen molar-refractivity contribution in [3.63, 3.8) is 0 Å². The number of carbonyl (C=O) groups excluding carboxylic acids is 1. The van der Waals surface area contributed by atoms with Gasteiger partial charge in [-0.15, -0.1) is 0 Å². The number of benzene rings is 1. The number of methoxy groups -OCH3 is 1. The Bertz CT molecular complexity index is 408. The molecular weight excluding hydrogens is 256 g/mol. The Labute approximate surface area is 120 Å². The van der Waals surface area contributed by atoms with Crippen molar-refractivity contribution in [1.82, 2.24) is 0 Å². The van der Waals surface area contributed by atoms with E-state index in [1.54, 1.807) is 7.11 Å². The molecule has 0 aliphatic rings. The molecule has 0 bridgehead atoms. The van der Waals surface area contributed by atoms with Crippen molar-refractivity contribution in [2.45, 2.75) is 32.2 Å². The number of carbonyl (C=O) groups is 1. The van der Waals surface area contributed by atoms with Gasteiger partial charge in [0.05, 0.1) is 6.61 Å². The number of hydrogen-bond acceptors (Lipinski definition) is 4. The molecule has 1 amide bonds. The molecule has 0 saturated carbocycles. The minimum Gasteiger partial charge on any atom is -0.493 e. The molecule has 1 atom stereocenters.